The summed E-state index contributed by atoms with van der Waals surface area (Å²) in [6.45, 7) is 0. The average Bonchev–Trinajstić information content (AvgIpc) is 2.28. The maximum Gasteiger partial charge on any atom is 0.176 e. The molecule has 0 aliphatic rings. The summed E-state index contributed by atoms with van der Waals surface area (Å²) < 4.78 is 24.4. The molecule has 0 fully saturated rings. The number of rotatable bonds is 2. The van der Waals surface area contributed by atoms with Crippen molar-refractivity contribution in [1.82, 2.24) is 0 Å². The number of sulfone groups is 1. The van der Waals surface area contributed by atoms with Gasteiger partial charge in [0.15, 0.2) is 9.84 Å². The summed E-state index contributed by atoms with van der Waals surface area (Å²) in [7, 11) is -3.28. The Balaban J connectivity index is 2.72. The maximum atomic E-state index is 11.8. The van der Waals surface area contributed by atoms with E-state index in [0.29, 0.717) is 16.1 Å². The summed E-state index contributed by atoms with van der Waals surface area (Å²) in [5.74, 6) is 0. The SMILES string of the molecule is CS(=O)(=O)c1ccccc1-c1ccc(Br)cc1Cl. The van der Waals surface area contributed by atoms with Gasteiger partial charge < -0.3 is 0 Å². The molecule has 0 aromatic heterocycles. The molecule has 0 aliphatic heterocycles. The zero-order valence-electron chi connectivity index (χ0n) is 9.52. The molecule has 0 amide bonds. The Hall–Kier alpha value is -0.840. The van der Waals surface area contributed by atoms with E-state index >= 15 is 0 Å². The lowest BCUT2D eigenvalue weighted by atomic mass is 10.1. The molecule has 0 spiro atoms. The summed E-state index contributed by atoms with van der Waals surface area (Å²) in [5, 5.41) is 0.514. The minimum Gasteiger partial charge on any atom is -0.224 e. The molecular formula is C13H10BrClO2S. The van der Waals surface area contributed by atoms with Crippen LogP contribution in [0.4, 0.5) is 0 Å². The van der Waals surface area contributed by atoms with E-state index in [1.807, 2.05) is 6.07 Å². The van der Waals surface area contributed by atoms with Crippen molar-refractivity contribution in [2.24, 2.45) is 0 Å². The molecule has 0 saturated carbocycles. The van der Waals surface area contributed by atoms with Crippen molar-refractivity contribution in [2.75, 3.05) is 6.26 Å². The molecule has 0 bridgehead atoms. The molecular weight excluding hydrogens is 336 g/mol. The second kappa shape index (κ2) is 5.03. The molecule has 0 saturated heterocycles. The largest absolute Gasteiger partial charge is 0.224 e. The first-order valence-corrected chi connectivity index (χ1v) is 8.20. The first kappa shape index (κ1) is 13.6. The molecule has 2 rings (SSSR count). The molecule has 0 radical (unpaired) electrons. The monoisotopic (exact) mass is 344 g/mol. The summed E-state index contributed by atoms with van der Waals surface area (Å²) in [6.07, 6.45) is 1.19. The smallest absolute Gasteiger partial charge is 0.176 e. The van der Waals surface area contributed by atoms with Crippen molar-refractivity contribution in [3.63, 3.8) is 0 Å². The third-order valence-electron chi connectivity index (χ3n) is 2.51. The summed E-state index contributed by atoms with van der Waals surface area (Å²) >= 11 is 9.49. The highest BCUT2D eigenvalue weighted by Gasteiger charge is 2.15. The Kier molecular flexibility index (Phi) is 3.80. The van der Waals surface area contributed by atoms with Crippen LogP contribution >= 0.6 is 27.5 Å². The van der Waals surface area contributed by atoms with Gasteiger partial charge in [-0.1, -0.05) is 51.8 Å². The van der Waals surface area contributed by atoms with Crippen LogP contribution in [0.3, 0.4) is 0 Å². The molecule has 2 nitrogen and oxygen atoms in total. The van der Waals surface area contributed by atoms with Gasteiger partial charge in [-0.05, 0) is 18.2 Å². The number of benzene rings is 2. The molecule has 18 heavy (non-hydrogen) atoms. The molecule has 0 heterocycles. The molecule has 5 heteroatoms. The maximum absolute atomic E-state index is 11.8. The Morgan fingerprint density at radius 3 is 2.33 bits per heavy atom. The van der Waals surface area contributed by atoms with Gasteiger partial charge in [0.25, 0.3) is 0 Å². The first-order chi connectivity index (χ1) is 8.39. The molecule has 0 aliphatic carbocycles. The Morgan fingerprint density at radius 1 is 1.06 bits per heavy atom. The number of halogens is 2. The molecule has 94 valence electrons. The van der Waals surface area contributed by atoms with Crippen LogP contribution in [0, 0.1) is 0 Å². The fourth-order valence-electron chi connectivity index (χ4n) is 1.72. The second-order valence-corrected chi connectivity index (χ2v) is 7.20. The van der Waals surface area contributed by atoms with E-state index in [1.54, 1.807) is 36.4 Å². The summed E-state index contributed by atoms with van der Waals surface area (Å²) in [4.78, 5) is 0.286. The highest BCUT2D eigenvalue weighted by atomic mass is 79.9. The van der Waals surface area contributed by atoms with Crippen LogP contribution in [0.1, 0.15) is 0 Å². The van der Waals surface area contributed by atoms with Gasteiger partial charge in [0.05, 0.1) is 4.90 Å². The molecule has 0 unspecified atom stereocenters. The molecule has 2 aromatic carbocycles. The minimum absolute atomic E-state index is 0.286. The number of hydrogen-bond acceptors (Lipinski definition) is 2. The van der Waals surface area contributed by atoms with Gasteiger partial charge >= 0.3 is 0 Å². The van der Waals surface area contributed by atoms with Gasteiger partial charge in [0.2, 0.25) is 0 Å². The van der Waals surface area contributed by atoms with E-state index in [0.717, 1.165) is 4.47 Å². The van der Waals surface area contributed by atoms with Crippen molar-refractivity contribution in [3.05, 3.63) is 52.0 Å². The van der Waals surface area contributed by atoms with Crippen LogP contribution < -0.4 is 0 Å². The number of hydrogen-bond donors (Lipinski definition) is 0. The lowest BCUT2D eigenvalue weighted by molar-refractivity contribution is 0.602. The lowest BCUT2D eigenvalue weighted by Crippen LogP contribution is -1.99. The van der Waals surface area contributed by atoms with Gasteiger partial charge in [0.1, 0.15) is 0 Å². The second-order valence-electron chi connectivity index (χ2n) is 3.89. The van der Waals surface area contributed by atoms with Crippen LogP contribution in [-0.4, -0.2) is 14.7 Å². The van der Waals surface area contributed by atoms with E-state index in [9.17, 15) is 8.42 Å². The standard InChI is InChI=1S/C13H10BrClO2S/c1-18(16,17)13-5-3-2-4-11(13)10-7-6-9(14)8-12(10)15/h2-8H,1H3. The van der Waals surface area contributed by atoms with Gasteiger partial charge in [-0.2, -0.15) is 0 Å². The van der Waals surface area contributed by atoms with Crippen molar-refractivity contribution in [1.29, 1.82) is 0 Å². The van der Waals surface area contributed by atoms with Crippen molar-refractivity contribution < 1.29 is 8.42 Å². The van der Waals surface area contributed by atoms with Crippen LogP contribution in [0.15, 0.2) is 51.8 Å². The fraction of sp³-hybridized carbons (Fsp3) is 0.0769. The minimum atomic E-state index is -3.28. The summed E-state index contributed by atoms with van der Waals surface area (Å²) in [6, 6.07) is 12.2. The highest BCUT2D eigenvalue weighted by molar-refractivity contribution is 9.10. The van der Waals surface area contributed by atoms with Gasteiger partial charge in [-0.25, -0.2) is 8.42 Å². The molecule has 2 aromatic rings. The van der Waals surface area contributed by atoms with E-state index in [1.165, 1.54) is 6.26 Å². The van der Waals surface area contributed by atoms with Crippen molar-refractivity contribution in [3.8, 4) is 11.1 Å². The van der Waals surface area contributed by atoms with Crippen LogP contribution in [0.5, 0.6) is 0 Å². The van der Waals surface area contributed by atoms with E-state index in [-0.39, 0.29) is 4.90 Å². The first-order valence-electron chi connectivity index (χ1n) is 5.14. The lowest BCUT2D eigenvalue weighted by Gasteiger charge is -2.09. The Bertz CT molecular complexity index is 696. The fourth-order valence-corrected chi connectivity index (χ4v) is 3.40. The topological polar surface area (TPSA) is 34.1 Å². The molecule has 0 N–H and O–H groups in total. The third-order valence-corrected chi connectivity index (χ3v) is 4.47. The average molecular weight is 346 g/mol. The van der Waals surface area contributed by atoms with Crippen molar-refractivity contribution in [2.45, 2.75) is 4.90 Å². The normalized spacial score (nSPS) is 11.5. The van der Waals surface area contributed by atoms with Gasteiger partial charge in [-0.15, -0.1) is 0 Å². The van der Waals surface area contributed by atoms with Gasteiger partial charge in [-0.3, -0.25) is 0 Å². The van der Waals surface area contributed by atoms with Crippen LogP contribution in [0.2, 0.25) is 5.02 Å². The van der Waals surface area contributed by atoms with E-state index in [2.05, 4.69) is 15.9 Å². The quantitative estimate of drug-likeness (QED) is 0.818. The Labute approximate surface area is 120 Å². The zero-order valence-corrected chi connectivity index (χ0v) is 12.7. The zero-order chi connectivity index (χ0) is 13.3. The van der Waals surface area contributed by atoms with Crippen LogP contribution in [-0.2, 0) is 9.84 Å². The van der Waals surface area contributed by atoms with E-state index in [4.69, 9.17) is 11.6 Å². The van der Waals surface area contributed by atoms with Gasteiger partial charge in [0, 0.05) is 26.9 Å². The molecule has 0 atom stereocenters. The predicted molar refractivity (Wildman–Crippen MR) is 77.7 cm³/mol. The van der Waals surface area contributed by atoms with Crippen molar-refractivity contribution >= 4 is 37.4 Å². The van der Waals surface area contributed by atoms with Crippen LogP contribution in [0.25, 0.3) is 11.1 Å². The summed E-state index contributed by atoms with van der Waals surface area (Å²) in [5.41, 5.74) is 1.33. The predicted octanol–water partition coefficient (Wildman–Crippen LogP) is 4.17. The highest BCUT2D eigenvalue weighted by Crippen LogP contribution is 2.34. The third kappa shape index (κ3) is 2.76. The van der Waals surface area contributed by atoms with E-state index < -0.39 is 9.84 Å². The Morgan fingerprint density at radius 2 is 1.72 bits per heavy atom.